The molecule has 108 valence electrons. The molecule has 0 bridgehead atoms. The average molecular weight is 294 g/mol. The maximum absolute atomic E-state index is 12.0. The Kier molecular flexibility index (Phi) is 3.74. The van der Waals surface area contributed by atoms with Crippen LogP contribution in [-0.4, -0.2) is 43.5 Å². The number of nitrogens with one attached hydrogen (secondary N) is 1. The second kappa shape index (κ2) is 5.52. The predicted octanol–water partition coefficient (Wildman–Crippen LogP) is 2.58. The average Bonchev–Trinajstić information content (AvgIpc) is 3.05. The number of benzene rings is 1. The molecule has 1 amide bonds. The van der Waals surface area contributed by atoms with Crippen LogP contribution >= 0.6 is 11.6 Å². The summed E-state index contributed by atoms with van der Waals surface area (Å²) in [4.78, 5) is 16.2. The van der Waals surface area contributed by atoms with Crippen LogP contribution < -0.4 is 10.2 Å². The van der Waals surface area contributed by atoms with Gasteiger partial charge in [-0.1, -0.05) is 11.6 Å². The first-order valence-corrected chi connectivity index (χ1v) is 7.59. The van der Waals surface area contributed by atoms with Crippen LogP contribution in [0.1, 0.15) is 19.3 Å². The molecule has 2 saturated heterocycles. The zero-order valence-corrected chi connectivity index (χ0v) is 12.5. The summed E-state index contributed by atoms with van der Waals surface area (Å²) in [5.74, 6) is 0.164. The monoisotopic (exact) mass is 293 g/mol. The van der Waals surface area contributed by atoms with E-state index in [1.807, 2.05) is 19.2 Å². The maximum Gasteiger partial charge on any atom is 0.244 e. The van der Waals surface area contributed by atoms with Gasteiger partial charge in [-0.15, -0.1) is 0 Å². The molecule has 1 aromatic rings. The molecule has 1 N–H and O–H groups in total. The molecule has 0 aromatic heterocycles. The Morgan fingerprint density at radius 3 is 2.65 bits per heavy atom. The highest BCUT2D eigenvalue weighted by atomic mass is 35.5. The second-order valence-corrected chi connectivity index (χ2v) is 6.04. The third kappa shape index (κ3) is 2.57. The van der Waals surface area contributed by atoms with Crippen LogP contribution in [0.5, 0.6) is 0 Å². The summed E-state index contributed by atoms with van der Waals surface area (Å²) in [6, 6.07) is 5.78. The standard InChI is InChI=1S/C15H20ClN3O/c1-18-9-6-12(15(18)20)17-13-10-11(16)4-5-14(13)19-7-2-3-8-19/h4-5,10,12,17H,2-3,6-9H2,1H3. The van der Waals surface area contributed by atoms with E-state index >= 15 is 0 Å². The van der Waals surface area contributed by atoms with Gasteiger partial charge in [0.1, 0.15) is 6.04 Å². The first-order valence-electron chi connectivity index (χ1n) is 7.21. The van der Waals surface area contributed by atoms with Gasteiger partial charge < -0.3 is 15.1 Å². The van der Waals surface area contributed by atoms with Crippen LogP contribution in [0.25, 0.3) is 0 Å². The van der Waals surface area contributed by atoms with Crippen LogP contribution in [0.3, 0.4) is 0 Å². The molecule has 20 heavy (non-hydrogen) atoms. The minimum atomic E-state index is -0.125. The van der Waals surface area contributed by atoms with E-state index < -0.39 is 0 Å². The van der Waals surface area contributed by atoms with Gasteiger partial charge in [0.05, 0.1) is 11.4 Å². The lowest BCUT2D eigenvalue weighted by molar-refractivity contribution is -0.127. The molecular formula is C15H20ClN3O. The molecule has 1 aromatic carbocycles. The van der Waals surface area contributed by atoms with Crippen molar-refractivity contribution in [3.63, 3.8) is 0 Å². The fraction of sp³-hybridized carbons (Fsp3) is 0.533. The van der Waals surface area contributed by atoms with Gasteiger partial charge in [0.15, 0.2) is 0 Å². The van der Waals surface area contributed by atoms with Gasteiger partial charge in [-0.3, -0.25) is 4.79 Å². The first-order chi connectivity index (χ1) is 9.65. The molecule has 0 spiro atoms. The van der Waals surface area contributed by atoms with Crippen LogP contribution in [0.2, 0.25) is 5.02 Å². The predicted molar refractivity (Wildman–Crippen MR) is 82.6 cm³/mol. The van der Waals surface area contributed by atoms with E-state index in [9.17, 15) is 4.79 Å². The van der Waals surface area contributed by atoms with E-state index in [-0.39, 0.29) is 11.9 Å². The molecule has 2 aliphatic rings. The number of nitrogens with zero attached hydrogens (tertiary/aromatic N) is 2. The summed E-state index contributed by atoms with van der Waals surface area (Å²) in [5.41, 5.74) is 2.14. The van der Waals surface area contributed by atoms with Gasteiger partial charge in [0, 0.05) is 31.7 Å². The summed E-state index contributed by atoms with van der Waals surface area (Å²) in [6.07, 6.45) is 3.31. The highest BCUT2D eigenvalue weighted by molar-refractivity contribution is 6.31. The van der Waals surface area contributed by atoms with Gasteiger partial charge in [0.25, 0.3) is 0 Å². The summed E-state index contributed by atoms with van der Waals surface area (Å²) < 4.78 is 0. The number of hydrogen-bond donors (Lipinski definition) is 1. The molecule has 2 fully saturated rings. The minimum Gasteiger partial charge on any atom is -0.372 e. The van der Waals surface area contributed by atoms with Gasteiger partial charge in [0.2, 0.25) is 5.91 Å². The van der Waals surface area contributed by atoms with Crippen molar-refractivity contribution in [3.05, 3.63) is 23.2 Å². The number of likely N-dealkylation sites (N-methyl/N-ethyl adjacent to an activating group) is 1. The number of halogens is 1. The number of hydrogen-bond acceptors (Lipinski definition) is 3. The van der Waals surface area contributed by atoms with Crippen molar-refractivity contribution >= 4 is 28.9 Å². The van der Waals surface area contributed by atoms with Crippen LogP contribution in [-0.2, 0) is 4.79 Å². The van der Waals surface area contributed by atoms with Crippen molar-refractivity contribution in [1.82, 2.24) is 4.90 Å². The second-order valence-electron chi connectivity index (χ2n) is 5.60. The third-order valence-corrected chi connectivity index (χ3v) is 4.40. The highest BCUT2D eigenvalue weighted by Gasteiger charge is 2.29. The minimum absolute atomic E-state index is 0.125. The fourth-order valence-electron chi connectivity index (χ4n) is 3.00. The van der Waals surface area contributed by atoms with E-state index in [1.54, 1.807) is 4.90 Å². The van der Waals surface area contributed by atoms with E-state index in [4.69, 9.17) is 11.6 Å². The van der Waals surface area contributed by atoms with Crippen LogP contribution in [0.15, 0.2) is 18.2 Å². The van der Waals surface area contributed by atoms with E-state index in [0.29, 0.717) is 5.02 Å². The SMILES string of the molecule is CN1CCC(Nc2cc(Cl)ccc2N2CCCC2)C1=O. The number of rotatable bonds is 3. The molecule has 2 heterocycles. The van der Waals surface area contributed by atoms with Crippen molar-refractivity contribution in [2.75, 3.05) is 36.9 Å². The van der Waals surface area contributed by atoms with Crippen molar-refractivity contribution < 1.29 is 4.79 Å². The fourth-order valence-corrected chi connectivity index (χ4v) is 3.17. The van der Waals surface area contributed by atoms with Crippen molar-refractivity contribution in [2.24, 2.45) is 0 Å². The summed E-state index contributed by atoms with van der Waals surface area (Å²) in [6.45, 7) is 2.97. The normalized spacial score (nSPS) is 22.7. The molecule has 2 aliphatic heterocycles. The zero-order chi connectivity index (χ0) is 14.1. The Bertz CT molecular complexity index is 514. The smallest absolute Gasteiger partial charge is 0.244 e. The number of anilines is 2. The van der Waals surface area contributed by atoms with Gasteiger partial charge >= 0.3 is 0 Å². The molecule has 1 atom stereocenters. The van der Waals surface area contributed by atoms with E-state index in [1.165, 1.54) is 12.8 Å². The highest BCUT2D eigenvalue weighted by Crippen LogP contribution is 2.32. The maximum atomic E-state index is 12.0. The van der Waals surface area contributed by atoms with E-state index in [2.05, 4.69) is 16.3 Å². The quantitative estimate of drug-likeness (QED) is 0.930. The zero-order valence-electron chi connectivity index (χ0n) is 11.7. The van der Waals surface area contributed by atoms with Crippen LogP contribution in [0, 0.1) is 0 Å². The Morgan fingerprint density at radius 1 is 1.25 bits per heavy atom. The van der Waals surface area contributed by atoms with E-state index in [0.717, 1.165) is 37.4 Å². The molecule has 4 nitrogen and oxygen atoms in total. The largest absolute Gasteiger partial charge is 0.372 e. The molecule has 5 heteroatoms. The third-order valence-electron chi connectivity index (χ3n) is 4.16. The summed E-state index contributed by atoms with van der Waals surface area (Å²) >= 11 is 6.12. The Labute approximate surface area is 124 Å². The first kappa shape index (κ1) is 13.6. The number of carbonyl (C=O) groups is 1. The Morgan fingerprint density at radius 2 is 2.00 bits per heavy atom. The molecule has 0 radical (unpaired) electrons. The van der Waals surface area contributed by atoms with Crippen molar-refractivity contribution in [2.45, 2.75) is 25.3 Å². The topological polar surface area (TPSA) is 35.6 Å². The molecule has 0 saturated carbocycles. The van der Waals surface area contributed by atoms with Crippen molar-refractivity contribution in [3.8, 4) is 0 Å². The lowest BCUT2D eigenvalue weighted by Crippen LogP contribution is -2.31. The van der Waals surface area contributed by atoms with Crippen LogP contribution in [0.4, 0.5) is 11.4 Å². The number of amides is 1. The Balaban J connectivity index is 1.84. The van der Waals surface area contributed by atoms with Crippen molar-refractivity contribution in [1.29, 1.82) is 0 Å². The van der Waals surface area contributed by atoms with Gasteiger partial charge in [-0.25, -0.2) is 0 Å². The molecule has 3 rings (SSSR count). The number of carbonyl (C=O) groups excluding carboxylic acids is 1. The lowest BCUT2D eigenvalue weighted by atomic mass is 10.2. The Hall–Kier alpha value is -1.42. The molecule has 1 unspecified atom stereocenters. The molecular weight excluding hydrogens is 274 g/mol. The van der Waals surface area contributed by atoms with Gasteiger partial charge in [-0.2, -0.15) is 0 Å². The number of likely N-dealkylation sites (tertiary alicyclic amines) is 1. The molecule has 0 aliphatic carbocycles. The summed E-state index contributed by atoms with van der Waals surface area (Å²) in [5, 5.41) is 4.09. The summed E-state index contributed by atoms with van der Waals surface area (Å²) in [7, 11) is 1.85. The lowest BCUT2D eigenvalue weighted by Gasteiger charge is -2.24. The van der Waals surface area contributed by atoms with Gasteiger partial charge in [-0.05, 0) is 37.5 Å².